The third-order valence-corrected chi connectivity index (χ3v) is 7.07. The number of fused-ring (bicyclic) bond motifs is 1. The first-order valence-corrected chi connectivity index (χ1v) is 11.9. The van der Waals surface area contributed by atoms with Gasteiger partial charge < -0.3 is 9.80 Å². The molecule has 0 aromatic heterocycles. The second-order valence-electron chi connectivity index (χ2n) is 9.30. The Morgan fingerprint density at radius 1 is 1.11 bits per heavy atom. The molecule has 182 valence electrons. The minimum absolute atomic E-state index is 0.183. The fourth-order valence-electron chi connectivity index (χ4n) is 4.78. The number of hydrogen-bond donors (Lipinski definition) is 0. The number of para-hydroxylation sites is 1. The van der Waals surface area contributed by atoms with Crippen molar-refractivity contribution in [1.82, 2.24) is 14.7 Å². The summed E-state index contributed by atoms with van der Waals surface area (Å²) < 4.78 is 2.09. The summed E-state index contributed by atoms with van der Waals surface area (Å²) >= 11 is 0. The zero-order valence-corrected chi connectivity index (χ0v) is 20.0. The van der Waals surface area contributed by atoms with Gasteiger partial charge in [0.05, 0.1) is 13.1 Å². The minimum atomic E-state index is -0.775. The van der Waals surface area contributed by atoms with Crippen LogP contribution in [0.15, 0.2) is 47.6 Å². The molecule has 3 fully saturated rings. The van der Waals surface area contributed by atoms with E-state index in [0.29, 0.717) is 37.7 Å². The van der Waals surface area contributed by atoms with Crippen LogP contribution in [0.1, 0.15) is 12.8 Å². The normalized spacial score (nSPS) is 22.3. The molecule has 1 aromatic carbocycles. The van der Waals surface area contributed by atoms with E-state index in [1.165, 1.54) is 9.80 Å². The van der Waals surface area contributed by atoms with Crippen molar-refractivity contribution in [2.45, 2.75) is 12.8 Å². The minimum Gasteiger partial charge on any atom is -0.330 e. The average Bonchev–Trinajstić information content (AvgIpc) is 3.75. The Labute approximate surface area is 203 Å². The molecule has 2 saturated heterocycles. The molecule has 1 atom stereocenters. The first-order valence-electron chi connectivity index (χ1n) is 11.9. The standard InChI is InChI=1S/C25H29N6O4/c1-27(18-6-4-3-5-7-18)20(32)16-31-24(34)21-19(10-11-26-22(21)28(2)25(31)35)29-12-14-30(15-13-29)23(33)17-8-9-17/h3-7,10-11,17,21H,8-9,12-16H2,1-2H3/q+1. The Balaban J connectivity index is 1.36. The van der Waals surface area contributed by atoms with Gasteiger partial charge in [0, 0.05) is 38.0 Å². The first kappa shape index (κ1) is 22.9. The molecule has 0 N–H and O–H groups in total. The van der Waals surface area contributed by atoms with Gasteiger partial charge in [-0.25, -0.2) is 14.4 Å². The first-order chi connectivity index (χ1) is 16.9. The van der Waals surface area contributed by atoms with Crippen LogP contribution >= 0.6 is 0 Å². The van der Waals surface area contributed by atoms with Gasteiger partial charge in [-0.1, -0.05) is 18.2 Å². The lowest BCUT2D eigenvalue weighted by Crippen LogP contribution is -2.63. The molecule has 10 nitrogen and oxygen atoms in total. The molecule has 10 heteroatoms. The lowest BCUT2D eigenvalue weighted by Gasteiger charge is -2.38. The van der Waals surface area contributed by atoms with Crippen LogP contribution in [-0.2, 0) is 14.4 Å². The smallest absolute Gasteiger partial charge is 0.330 e. The topological polar surface area (TPSA) is 96.6 Å². The van der Waals surface area contributed by atoms with Crippen LogP contribution in [0.5, 0.6) is 0 Å². The van der Waals surface area contributed by atoms with Crippen molar-refractivity contribution in [2.75, 3.05) is 51.7 Å². The van der Waals surface area contributed by atoms with E-state index in [0.717, 1.165) is 23.5 Å². The number of benzene rings is 1. The van der Waals surface area contributed by atoms with E-state index in [9.17, 15) is 19.2 Å². The number of carbonyl (C=O) groups excluding carboxylic acids is 4. The number of allylic oxidation sites excluding steroid dienone is 1. The molecular weight excluding hydrogens is 448 g/mol. The van der Waals surface area contributed by atoms with Crippen molar-refractivity contribution in [3.05, 3.63) is 42.6 Å². The average molecular weight is 478 g/mol. The maximum absolute atomic E-state index is 13.6. The highest BCUT2D eigenvalue weighted by Gasteiger charge is 2.49. The van der Waals surface area contributed by atoms with Crippen molar-refractivity contribution in [3.63, 3.8) is 0 Å². The van der Waals surface area contributed by atoms with Gasteiger partial charge in [-0.05, 0) is 25.0 Å². The predicted octanol–water partition coefficient (Wildman–Crippen LogP) is 0.791. The van der Waals surface area contributed by atoms with Gasteiger partial charge in [-0.3, -0.25) is 24.2 Å². The summed E-state index contributed by atoms with van der Waals surface area (Å²) in [5.74, 6) is -0.841. The van der Waals surface area contributed by atoms with Crippen molar-refractivity contribution in [2.24, 2.45) is 16.8 Å². The molecule has 0 radical (unpaired) electrons. The van der Waals surface area contributed by atoms with Gasteiger partial charge in [0.2, 0.25) is 11.8 Å². The maximum atomic E-state index is 13.6. The number of hydrogen-bond acceptors (Lipinski definition) is 5. The van der Waals surface area contributed by atoms with Crippen LogP contribution < -0.4 is 4.90 Å². The lowest BCUT2D eigenvalue weighted by atomic mass is 9.94. The van der Waals surface area contributed by atoms with E-state index in [4.69, 9.17) is 0 Å². The van der Waals surface area contributed by atoms with E-state index in [1.54, 1.807) is 38.5 Å². The van der Waals surface area contributed by atoms with Gasteiger partial charge in [0.1, 0.15) is 12.4 Å². The molecule has 3 heterocycles. The quantitative estimate of drug-likeness (QED) is 0.599. The van der Waals surface area contributed by atoms with Gasteiger partial charge >= 0.3 is 6.03 Å². The number of piperazine rings is 1. The highest BCUT2D eigenvalue weighted by molar-refractivity contribution is 6.31. The number of rotatable bonds is 4. The monoisotopic (exact) mass is 477 g/mol. The number of nitrogens with zero attached hydrogens (tertiary/aromatic N) is 6. The number of imide groups is 1. The van der Waals surface area contributed by atoms with Crippen LogP contribution in [0.25, 0.3) is 0 Å². The molecule has 35 heavy (non-hydrogen) atoms. The van der Waals surface area contributed by atoms with Gasteiger partial charge in [0.25, 0.3) is 5.91 Å². The molecule has 1 saturated carbocycles. The predicted molar refractivity (Wildman–Crippen MR) is 129 cm³/mol. The summed E-state index contributed by atoms with van der Waals surface area (Å²) in [4.78, 5) is 62.1. The summed E-state index contributed by atoms with van der Waals surface area (Å²) in [6, 6.07) is 8.50. The molecule has 1 aromatic rings. The van der Waals surface area contributed by atoms with Crippen LogP contribution in [0, 0.1) is 11.8 Å². The molecule has 0 bridgehead atoms. The summed E-state index contributed by atoms with van der Waals surface area (Å²) in [7, 11) is 3.19. The fraction of sp³-hybridized carbons (Fsp3) is 0.440. The Morgan fingerprint density at radius 2 is 1.80 bits per heavy atom. The summed E-state index contributed by atoms with van der Waals surface area (Å²) in [5.41, 5.74) is 1.42. The fourth-order valence-corrected chi connectivity index (χ4v) is 4.78. The molecule has 4 aliphatic rings. The number of anilines is 1. The number of likely N-dealkylation sites (N-methyl/N-ethyl adjacent to an activating group) is 1. The van der Waals surface area contributed by atoms with Crippen LogP contribution in [0.4, 0.5) is 10.5 Å². The van der Waals surface area contributed by atoms with Crippen molar-refractivity contribution < 1.29 is 23.8 Å². The van der Waals surface area contributed by atoms with Crippen LogP contribution in [0.3, 0.4) is 0 Å². The lowest BCUT2D eigenvalue weighted by molar-refractivity contribution is -0.539. The number of carbonyl (C=O) groups is 4. The van der Waals surface area contributed by atoms with Gasteiger partial charge in [-0.15, -0.1) is 0 Å². The Morgan fingerprint density at radius 3 is 2.46 bits per heavy atom. The highest BCUT2D eigenvalue weighted by Crippen LogP contribution is 2.31. The third kappa shape index (κ3) is 4.24. The number of amides is 5. The molecule has 1 unspecified atom stereocenters. The van der Waals surface area contributed by atoms with Crippen molar-refractivity contribution >= 4 is 41.0 Å². The second-order valence-corrected chi connectivity index (χ2v) is 9.30. The van der Waals surface area contributed by atoms with Gasteiger partial charge in [0.15, 0.2) is 24.7 Å². The Bertz CT molecular complexity index is 1160. The largest absolute Gasteiger partial charge is 0.332 e. The van der Waals surface area contributed by atoms with Gasteiger partial charge in [-0.2, -0.15) is 0 Å². The van der Waals surface area contributed by atoms with Crippen LogP contribution in [0.2, 0.25) is 0 Å². The van der Waals surface area contributed by atoms with Crippen molar-refractivity contribution in [1.29, 1.82) is 0 Å². The summed E-state index contributed by atoms with van der Waals surface area (Å²) in [5, 5.41) is 0. The third-order valence-electron chi connectivity index (χ3n) is 7.07. The molecule has 0 spiro atoms. The molecule has 5 rings (SSSR count). The van der Waals surface area contributed by atoms with E-state index in [1.807, 2.05) is 23.1 Å². The van der Waals surface area contributed by atoms with E-state index >= 15 is 0 Å². The second kappa shape index (κ2) is 9.09. The maximum Gasteiger partial charge on any atom is 0.332 e. The van der Waals surface area contributed by atoms with Crippen LogP contribution in [-0.4, -0.2) is 101 Å². The zero-order valence-electron chi connectivity index (χ0n) is 20.0. The van der Waals surface area contributed by atoms with E-state index in [2.05, 4.69) is 9.57 Å². The molecule has 1 aliphatic carbocycles. The Hall–Kier alpha value is -3.82. The van der Waals surface area contributed by atoms with E-state index < -0.39 is 17.9 Å². The van der Waals surface area contributed by atoms with Crippen molar-refractivity contribution in [3.8, 4) is 0 Å². The Kier molecular flexibility index (Phi) is 5.96. The van der Waals surface area contributed by atoms with E-state index in [-0.39, 0.29) is 24.3 Å². The number of aliphatic imine (C=N–C) groups is 1. The molecular formula is C25H29N6O4+. The summed E-state index contributed by atoms with van der Waals surface area (Å²) in [6.07, 6.45) is 5.35. The molecule has 3 aliphatic heterocycles. The highest BCUT2D eigenvalue weighted by atomic mass is 16.2. The number of urea groups is 1. The zero-order chi connectivity index (χ0) is 24.7. The summed E-state index contributed by atoms with van der Waals surface area (Å²) in [6.45, 7) is 2.03. The SMILES string of the molecule is CN1C(=O)N(CC(=O)N(C)c2ccccc2)C(=O)C2C1=NC=CC2=[N+]1CCN(C(=O)C2CC2)CC1. The molecule has 5 amide bonds. The number of amidine groups is 1.